The van der Waals surface area contributed by atoms with Gasteiger partial charge in [-0.1, -0.05) is 11.2 Å². The number of carbonyl (C=O) groups is 1. The first kappa shape index (κ1) is 16.4. The van der Waals surface area contributed by atoms with Gasteiger partial charge in [-0.25, -0.2) is 0 Å². The van der Waals surface area contributed by atoms with E-state index in [9.17, 15) is 9.35 Å². The predicted octanol–water partition coefficient (Wildman–Crippen LogP) is 1.25. The molecule has 1 fully saturated rings. The Labute approximate surface area is 99.0 Å². The number of amides is 1. The van der Waals surface area contributed by atoms with E-state index in [4.69, 9.17) is 0 Å². The van der Waals surface area contributed by atoms with Gasteiger partial charge in [0.25, 0.3) is 0 Å². The van der Waals surface area contributed by atoms with Crippen LogP contribution in [-0.2, 0) is 16.0 Å². The number of hydrogen-bond acceptors (Lipinski definition) is 4. The van der Waals surface area contributed by atoms with Crippen LogP contribution in [-0.4, -0.2) is 45.8 Å². The van der Waals surface area contributed by atoms with Gasteiger partial charge in [0.2, 0.25) is 5.91 Å². The van der Waals surface area contributed by atoms with E-state index < -0.39 is 11.2 Å². The van der Waals surface area contributed by atoms with E-state index in [1.165, 1.54) is 0 Å². The van der Waals surface area contributed by atoms with Gasteiger partial charge in [-0.15, -0.1) is 0 Å². The monoisotopic (exact) mass is 253 g/mol. The van der Waals surface area contributed by atoms with Crippen molar-refractivity contribution in [3.8, 4) is 0 Å². The van der Waals surface area contributed by atoms with Gasteiger partial charge in [0.15, 0.2) is 0 Å². The third kappa shape index (κ3) is 14.5. The molecule has 0 unspecified atom stereocenters. The van der Waals surface area contributed by atoms with Crippen molar-refractivity contribution in [2.24, 2.45) is 0 Å². The quantitative estimate of drug-likeness (QED) is 0.481. The minimum absolute atomic E-state index is 0.292. The summed E-state index contributed by atoms with van der Waals surface area (Å²) in [6.07, 6.45) is 5.09. The maximum atomic E-state index is 10.5. The van der Waals surface area contributed by atoms with E-state index in [0.29, 0.717) is 5.91 Å². The summed E-state index contributed by atoms with van der Waals surface area (Å²) in [5.41, 5.74) is 0. The summed E-state index contributed by atoms with van der Waals surface area (Å²) >= 11 is 7.31. The smallest absolute Gasteiger partial charge is 0.222 e. The Kier molecular flexibility index (Phi) is 13.0. The maximum Gasteiger partial charge on any atom is 0.222 e. The highest BCUT2D eigenvalue weighted by atomic mass is 32.2. The number of carbonyl (C=O) groups excluding carboxylic acids is 1. The zero-order valence-electron chi connectivity index (χ0n) is 8.61. The van der Waals surface area contributed by atoms with Crippen molar-refractivity contribution < 1.29 is 9.35 Å². The van der Waals surface area contributed by atoms with Crippen molar-refractivity contribution in [1.82, 2.24) is 4.90 Å². The highest BCUT2D eigenvalue weighted by Crippen LogP contribution is 2.04. The lowest BCUT2D eigenvalue weighted by atomic mass is 10.4. The first-order chi connectivity index (χ1) is 6.45. The lowest BCUT2D eigenvalue weighted by Gasteiger charge is -2.03. The Balaban J connectivity index is 0. The van der Waals surface area contributed by atoms with Crippen LogP contribution in [0.3, 0.4) is 0 Å². The molecule has 82 valence electrons. The zero-order chi connectivity index (χ0) is 11.6. The molecule has 0 atom stereocenters. The number of likely N-dealkylation sites (tertiary alicyclic amines) is 1. The molecular weight excluding hydrogens is 238 g/mol. The SMILES string of the molecule is CN1CCCC1=O.C[S+](C)[O-].S=C=S. The van der Waals surface area contributed by atoms with Crippen LogP contribution in [0.2, 0.25) is 0 Å². The van der Waals surface area contributed by atoms with E-state index in [1.807, 2.05) is 11.4 Å². The molecule has 0 spiro atoms. The van der Waals surface area contributed by atoms with E-state index in [0.717, 1.165) is 19.4 Å². The average Bonchev–Trinajstić information content (AvgIpc) is 2.36. The van der Waals surface area contributed by atoms with Gasteiger partial charge in [0.05, 0.1) is 12.5 Å². The lowest BCUT2D eigenvalue weighted by molar-refractivity contribution is -0.126. The van der Waals surface area contributed by atoms with Crippen LogP contribution in [0.4, 0.5) is 0 Å². The van der Waals surface area contributed by atoms with Gasteiger partial charge in [0.1, 0.15) is 0 Å². The van der Waals surface area contributed by atoms with Crippen molar-refractivity contribution in [3.05, 3.63) is 0 Å². The van der Waals surface area contributed by atoms with Crippen LogP contribution < -0.4 is 0 Å². The fraction of sp³-hybridized carbons (Fsp3) is 0.750. The van der Waals surface area contributed by atoms with Gasteiger partial charge in [-0.05, 0) is 30.9 Å². The summed E-state index contributed by atoms with van der Waals surface area (Å²) in [5, 5.41) is 0. The normalized spacial score (nSPS) is 13.8. The van der Waals surface area contributed by atoms with Crippen molar-refractivity contribution >= 4 is 45.8 Å². The second-order valence-electron chi connectivity index (χ2n) is 2.74. The molecule has 0 aliphatic carbocycles. The molecule has 1 aliphatic heterocycles. The van der Waals surface area contributed by atoms with E-state index in [1.54, 1.807) is 17.4 Å². The molecule has 0 bridgehead atoms. The molecule has 0 saturated carbocycles. The second kappa shape index (κ2) is 11.1. The van der Waals surface area contributed by atoms with Crippen LogP contribution in [0.5, 0.6) is 0 Å². The molecule has 0 aromatic rings. The third-order valence-corrected chi connectivity index (χ3v) is 1.31. The highest BCUT2D eigenvalue weighted by molar-refractivity contribution is 7.93. The molecule has 1 heterocycles. The Hall–Kier alpha value is -0.0000000000000000555. The van der Waals surface area contributed by atoms with Crippen molar-refractivity contribution in [3.63, 3.8) is 0 Å². The van der Waals surface area contributed by atoms with Crippen molar-refractivity contribution in [1.29, 1.82) is 0 Å². The largest absolute Gasteiger partial charge is 0.617 e. The first-order valence-electron chi connectivity index (χ1n) is 3.94. The molecule has 1 aliphatic rings. The first-order valence-corrected chi connectivity index (χ1v) is 6.72. The second-order valence-corrected chi connectivity index (χ2v) is 4.89. The summed E-state index contributed by atoms with van der Waals surface area (Å²) in [6.45, 7) is 0.957. The summed E-state index contributed by atoms with van der Waals surface area (Å²) in [6, 6.07) is 0. The van der Waals surface area contributed by atoms with E-state index in [2.05, 4.69) is 24.4 Å². The fourth-order valence-corrected chi connectivity index (χ4v) is 0.783. The van der Waals surface area contributed by atoms with Crippen LogP contribution in [0.15, 0.2) is 0 Å². The highest BCUT2D eigenvalue weighted by Gasteiger charge is 2.14. The summed E-state index contributed by atoms with van der Waals surface area (Å²) < 4.78 is 11.5. The van der Waals surface area contributed by atoms with Crippen molar-refractivity contribution in [2.75, 3.05) is 26.1 Å². The minimum Gasteiger partial charge on any atom is -0.617 e. The Bertz CT molecular complexity index is 188. The van der Waals surface area contributed by atoms with Gasteiger partial charge in [-0.3, -0.25) is 4.79 Å². The predicted molar refractivity (Wildman–Crippen MR) is 67.1 cm³/mol. The van der Waals surface area contributed by atoms with Crippen molar-refractivity contribution in [2.45, 2.75) is 12.8 Å². The van der Waals surface area contributed by atoms with Crippen LogP contribution in [0.1, 0.15) is 12.8 Å². The Morgan fingerprint density at radius 1 is 1.50 bits per heavy atom. The topological polar surface area (TPSA) is 43.4 Å². The molecule has 3 nitrogen and oxygen atoms in total. The molecule has 0 aromatic heterocycles. The number of rotatable bonds is 0. The fourth-order valence-electron chi connectivity index (χ4n) is 0.783. The van der Waals surface area contributed by atoms with E-state index in [-0.39, 0.29) is 0 Å². The van der Waals surface area contributed by atoms with Crippen LogP contribution >= 0.6 is 24.4 Å². The average molecular weight is 253 g/mol. The van der Waals surface area contributed by atoms with Gasteiger partial charge < -0.3 is 9.45 Å². The third-order valence-electron chi connectivity index (χ3n) is 1.31. The zero-order valence-corrected chi connectivity index (χ0v) is 11.1. The standard InChI is InChI=1S/C5H9NO.C2H6OS.CS2/c1-6-4-2-3-5(6)7;1-4(2)3;2-1-3/h2-4H2,1H3;1-2H3;. The molecule has 1 saturated heterocycles. The maximum absolute atomic E-state index is 10.5. The molecule has 0 radical (unpaired) electrons. The molecule has 14 heavy (non-hydrogen) atoms. The number of nitrogens with zero attached hydrogens (tertiary/aromatic N) is 1. The Morgan fingerprint density at radius 3 is 1.93 bits per heavy atom. The lowest BCUT2D eigenvalue weighted by Crippen LogP contribution is -2.17. The van der Waals surface area contributed by atoms with Gasteiger partial charge >= 0.3 is 0 Å². The molecule has 0 N–H and O–H groups in total. The number of thiocarbonyl (C=S) groups is 2. The summed E-state index contributed by atoms with van der Waals surface area (Å²) in [4.78, 5) is 12.3. The van der Waals surface area contributed by atoms with Gasteiger partial charge in [-0.2, -0.15) is 0 Å². The molecular formula is C8H15NO2S3. The van der Waals surface area contributed by atoms with Crippen LogP contribution in [0, 0.1) is 0 Å². The summed E-state index contributed by atoms with van der Waals surface area (Å²) in [7, 11) is 1.84. The van der Waals surface area contributed by atoms with Gasteiger partial charge in [0, 0.05) is 24.3 Å². The van der Waals surface area contributed by atoms with E-state index >= 15 is 0 Å². The number of hydrogen-bond donors (Lipinski definition) is 0. The molecule has 1 rings (SSSR count). The minimum atomic E-state index is -0.611. The Morgan fingerprint density at radius 2 is 1.86 bits per heavy atom. The summed E-state index contributed by atoms with van der Waals surface area (Å²) in [5.74, 6) is 0.292. The molecule has 0 aromatic carbocycles. The molecule has 6 heteroatoms. The molecule has 1 amide bonds. The van der Waals surface area contributed by atoms with Crippen LogP contribution in [0.25, 0.3) is 0 Å².